The number of carbonyl (C=O) groups excluding carboxylic acids is 1. The van der Waals surface area contributed by atoms with Gasteiger partial charge in [-0.05, 0) is 44.5 Å². The van der Waals surface area contributed by atoms with Crippen LogP contribution >= 0.6 is 11.3 Å². The average Bonchev–Trinajstić information content (AvgIpc) is 3.53. The van der Waals surface area contributed by atoms with Gasteiger partial charge < -0.3 is 18.8 Å². The van der Waals surface area contributed by atoms with E-state index in [1.165, 1.54) is 16.9 Å². The first-order valence-corrected chi connectivity index (χ1v) is 15.7. The number of methoxy groups -OCH3 is 1. The summed E-state index contributed by atoms with van der Waals surface area (Å²) in [5, 5.41) is 1.05. The van der Waals surface area contributed by atoms with E-state index in [-0.39, 0.29) is 24.9 Å². The highest BCUT2D eigenvalue weighted by atomic mass is 32.1. The Balaban J connectivity index is 1.51. The van der Waals surface area contributed by atoms with Gasteiger partial charge in [-0.25, -0.2) is 9.79 Å². The third-order valence-corrected chi connectivity index (χ3v) is 8.62. The molecular formula is C36H35N3O5S. The molecule has 8 nitrogen and oxygen atoms in total. The summed E-state index contributed by atoms with van der Waals surface area (Å²) in [4.78, 5) is 33.2. The van der Waals surface area contributed by atoms with E-state index in [4.69, 9.17) is 19.2 Å². The zero-order valence-corrected chi connectivity index (χ0v) is 26.5. The molecule has 3 heterocycles. The molecule has 1 atom stereocenters. The highest BCUT2D eigenvalue weighted by molar-refractivity contribution is 7.07. The predicted octanol–water partition coefficient (Wildman–Crippen LogP) is 5.22. The molecule has 0 spiro atoms. The minimum absolute atomic E-state index is 0.0838. The lowest BCUT2D eigenvalue weighted by Crippen LogP contribution is -2.40. The Bertz CT molecular complexity index is 2070. The van der Waals surface area contributed by atoms with Crippen molar-refractivity contribution >= 4 is 34.3 Å². The molecule has 0 aliphatic carbocycles. The zero-order valence-electron chi connectivity index (χ0n) is 25.7. The molecule has 5 aromatic rings. The van der Waals surface area contributed by atoms with Gasteiger partial charge in [0.05, 0.1) is 28.5 Å². The standard InChI is InChI=1S/C36H35N3O5S/c1-23(2)44-30-17-11-9-15-28(30)33-32(35(41)43-19-18-42-4)24(3)37-36-39(33)34(40)31(45-36)20-26-22-38(21-25-12-6-5-7-13-25)29-16-10-8-14-27(26)29/h5-17,20,22-23,33H,18-19,21H2,1-4H3/b31-20+/t33-/m0/s1. The molecule has 45 heavy (non-hydrogen) atoms. The topological polar surface area (TPSA) is 84.0 Å². The number of carbonyl (C=O) groups is 1. The van der Waals surface area contributed by atoms with Crippen molar-refractivity contribution in [3.05, 3.63) is 133 Å². The summed E-state index contributed by atoms with van der Waals surface area (Å²) >= 11 is 1.31. The Labute approximate surface area is 265 Å². The fourth-order valence-electron chi connectivity index (χ4n) is 5.68. The van der Waals surface area contributed by atoms with E-state index in [0.29, 0.717) is 38.5 Å². The normalized spacial score (nSPS) is 15.0. The molecule has 0 fully saturated rings. The monoisotopic (exact) mass is 621 g/mol. The number of fused-ring (bicyclic) bond motifs is 2. The molecule has 9 heteroatoms. The van der Waals surface area contributed by atoms with Crippen molar-refractivity contribution in [2.45, 2.75) is 39.5 Å². The van der Waals surface area contributed by atoms with E-state index >= 15 is 0 Å². The fourth-order valence-corrected chi connectivity index (χ4v) is 6.72. The van der Waals surface area contributed by atoms with E-state index in [9.17, 15) is 9.59 Å². The number of para-hydroxylation sites is 2. The van der Waals surface area contributed by atoms with Crippen molar-refractivity contribution in [3.8, 4) is 5.75 Å². The molecule has 3 aromatic carbocycles. The summed E-state index contributed by atoms with van der Waals surface area (Å²) < 4.78 is 21.2. The highest BCUT2D eigenvalue weighted by Crippen LogP contribution is 2.36. The van der Waals surface area contributed by atoms with Gasteiger partial charge in [-0.2, -0.15) is 0 Å². The quantitative estimate of drug-likeness (QED) is 0.158. The van der Waals surface area contributed by atoms with E-state index < -0.39 is 12.0 Å². The zero-order chi connectivity index (χ0) is 31.5. The van der Waals surface area contributed by atoms with Crippen LogP contribution in [0.3, 0.4) is 0 Å². The Morgan fingerprint density at radius 3 is 2.51 bits per heavy atom. The first-order chi connectivity index (χ1) is 21.9. The molecule has 230 valence electrons. The molecular weight excluding hydrogens is 586 g/mol. The number of ether oxygens (including phenoxy) is 3. The third-order valence-electron chi connectivity index (χ3n) is 7.64. The minimum Gasteiger partial charge on any atom is -0.491 e. The molecule has 0 saturated heterocycles. The molecule has 0 unspecified atom stereocenters. The van der Waals surface area contributed by atoms with Gasteiger partial charge in [0.2, 0.25) is 0 Å². The lowest BCUT2D eigenvalue weighted by Gasteiger charge is -2.27. The molecule has 0 radical (unpaired) electrons. The van der Waals surface area contributed by atoms with Gasteiger partial charge in [0.1, 0.15) is 18.4 Å². The number of nitrogens with zero attached hydrogens (tertiary/aromatic N) is 3. The maximum absolute atomic E-state index is 14.3. The summed E-state index contributed by atoms with van der Waals surface area (Å²) in [5.74, 6) is 0.0452. The van der Waals surface area contributed by atoms with Crippen LogP contribution in [-0.4, -0.2) is 41.5 Å². The molecule has 1 aliphatic rings. The maximum atomic E-state index is 14.3. The van der Waals surface area contributed by atoms with Gasteiger partial charge in [-0.1, -0.05) is 78.1 Å². The van der Waals surface area contributed by atoms with Crippen LogP contribution in [0.5, 0.6) is 5.75 Å². The lowest BCUT2D eigenvalue weighted by atomic mass is 9.95. The number of hydrogen-bond acceptors (Lipinski definition) is 7. The van der Waals surface area contributed by atoms with E-state index in [0.717, 1.165) is 16.5 Å². The highest BCUT2D eigenvalue weighted by Gasteiger charge is 2.35. The van der Waals surface area contributed by atoms with Crippen LogP contribution in [0.1, 0.15) is 43.5 Å². The van der Waals surface area contributed by atoms with Gasteiger partial charge in [0.25, 0.3) is 5.56 Å². The molecule has 1 aliphatic heterocycles. The third kappa shape index (κ3) is 6.14. The summed E-state index contributed by atoms with van der Waals surface area (Å²) in [7, 11) is 1.55. The number of allylic oxidation sites excluding steroid dienone is 1. The first kappa shape index (κ1) is 30.3. The number of benzene rings is 3. The van der Waals surface area contributed by atoms with Crippen LogP contribution in [-0.2, 0) is 20.8 Å². The molecule has 0 saturated carbocycles. The Kier molecular flexibility index (Phi) is 8.82. The molecule has 6 rings (SSSR count). The van der Waals surface area contributed by atoms with Crippen molar-refractivity contribution in [1.82, 2.24) is 9.13 Å². The van der Waals surface area contributed by atoms with Crippen LogP contribution in [0.25, 0.3) is 17.0 Å². The molecule has 2 aromatic heterocycles. The second-order valence-electron chi connectivity index (χ2n) is 11.1. The number of aromatic nitrogens is 2. The van der Waals surface area contributed by atoms with E-state index in [1.807, 2.05) is 74.5 Å². The van der Waals surface area contributed by atoms with Gasteiger partial charge in [0, 0.05) is 41.9 Å². The van der Waals surface area contributed by atoms with E-state index in [1.54, 1.807) is 18.6 Å². The Morgan fingerprint density at radius 1 is 1.00 bits per heavy atom. The largest absolute Gasteiger partial charge is 0.491 e. The van der Waals surface area contributed by atoms with Crippen molar-refractivity contribution < 1.29 is 19.0 Å². The molecule has 0 bridgehead atoms. The summed E-state index contributed by atoms with van der Waals surface area (Å²) in [5.41, 5.74) is 4.44. The number of hydrogen-bond donors (Lipinski definition) is 0. The van der Waals surface area contributed by atoms with Crippen LogP contribution in [0.2, 0.25) is 0 Å². The average molecular weight is 622 g/mol. The lowest BCUT2D eigenvalue weighted by molar-refractivity contribution is -0.140. The molecule has 0 N–H and O–H groups in total. The van der Waals surface area contributed by atoms with Crippen molar-refractivity contribution in [1.29, 1.82) is 0 Å². The fraction of sp³-hybridized carbons (Fsp3) is 0.250. The van der Waals surface area contributed by atoms with Crippen LogP contribution in [0.15, 0.2) is 106 Å². The maximum Gasteiger partial charge on any atom is 0.338 e. The number of esters is 1. The predicted molar refractivity (Wildman–Crippen MR) is 176 cm³/mol. The van der Waals surface area contributed by atoms with Crippen molar-refractivity contribution in [2.24, 2.45) is 4.99 Å². The van der Waals surface area contributed by atoms with Gasteiger partial charge in [0.15, 0.2) is 4.80 Å². The van der Waals surface area contributed by atoms with Crippen LogP contribution in [0.4, 0.5) is 0 Å². The van der Waals surface area contributed by atoms with Gasteiger partial charge in [-0.15, -0.1) is 0 Å². The summed E-state index contributed by atoms with van der Waals surface area (Å²) in [6.45, 7) is 6.71. The SMILES string of the molecule is COCCOC(=O)C1=C(C)N=c2s/c(=C/c3cn(Cc4ccccc4)c4ccccc34)c(=O)n2[C@H]1c1ccccc1OC(C)C. The summed E-state index contributed by atoms with van der Waals surface area (Å²) in [6, 6.07) is 25.2. The minimum atomic E-state index is -0.784. The van der Waals surface area contributed by atoms with Gasteiger partial charge >= 0.3 is 5.97 Å². The van der Waals surface area contributed by atoms with Crippen LogP contribution in [0, 0.1) is 0 Å². The van der Waals surface area contributed by atoms with Gasteiger partial charge in [-0.3, -0.25) is 9.36 Å². The first-order valence-electron chi connectivity index (χ1n) is 14.9. The van der Waals surface area contributed by atoms with Crippen molar-refractivity contribution in [2.75, 3.05) is 20.3 Å². The Hall–Kier alpha value is -4.73. The number of thiazole rings is 1. The Morgan fingerprint density at radius 2 is 1.73 bits per heavy atom. The number of rotatable bonds is 10. The molecule has 0 amide bonds. The smallest absolute Gasteiger partial charge is 0.338 e. The summed E-state index contributed by atoms with van der Waals surface area (Å²) in [6.07, 6.45) is 3.90. The van der Waals surface area contributed by atoms with E-state index in [2.05, 4.69) is 35.0 Å². The van der Waals surface area contributed by atoms with Crippen LogP contribution < -0.4 is 19.6 Å². The van der Waals surface area contributed by atoms with Crippen molar-refractivity contribution in [3.63, 3.8) is 0 Å². The second-order valence-corrected chi connectivity index (χ2v) is 12.1. The second kappa shape index (κ2) is 13.1.